The smallest absolute Gasteiger partial charge is 0.307 e. The second kappa shape index (κ2) is 5.82. The summed E-state index contributed by atoms with van der Waals surface area (Å²) < 4.78 is 24.5. The summed E-state index contributed by atoms with van der Waals surface area (Å²) in [6.07, 6.45) is 0.185. The third-order valence-electron chi connectivity index (χ3n) is 2.26. The monoisotopic (exact) mass is 248 g/mol. The van der Waals surface area contributed by atoms with Gasteiger partial charge < -0.3 is 5.11 Å². The predicted octanol–water partition coefficient (Wildman–Crippen LogP) is 0.271. The highest BCUT2D eigenvalue weighted by atomic mass is 32.2. The first-order valence-electron chi connectivity index (χ1n) is 4.84. The molecule has 0 spiro atoms. The predicted molar refractivity (Wildman–Crippen MR) is 58.0 cm³/mol. The Morgan fingerprint density at radius 2 is 2.06 bits per heavy atom. The lowest BCUT2D eigenvalue weighted by Gasteiger charge is -2.21. The van der Waals surface area contributed by atoms with Crippen LogP contribution in [0.5, 0.6) is 0 Å². The minimum atomic E-state index is -3.72. The third kappa shape index (κ3) is 3.47. The van der Waals surface area contributed by atoms with Gasteiger partial charge in [0, 0.05) is 13.6 Å². The Labute approximate surface area is 95.5 Å². The van der Waals surface area contributed by atoms with Crippen molar-refractivity contribution in [1.82, 2.24) is 4.31 Å². The van der Waals surface area contributed by atoms with E-state index in [1.807, 2.05) is 0 Å². The van der Waals surface area contributed by atoms with Gasteiger partial charge in [-0.3, -0.25) is 4.79 Å². The van der Waals surface area contributed by atoms with Gasteiger partial charge in [-0.1, -0.05) is 13.8 Å². The van der Waals surface area contributed by atoms with Crippen molar-refractivity contribution in [2.75, 3.05) is 13.6 Å². The minimum absolute atomic E-state index is 0.129. The summed E-state index contributed by atoms with van der Waals surface area (Å²) in [5.74, 6) is -1.86. The fourth-order valence-electron chi connectivity index (χ4n) is 1.15. The number of nitriles is 1. The van der Waals surface area contributed by atoms with E-state index in [1.165, 1.54) is 14.0 Å². The Morgan fingerprint density at radius 3 is 2.38 bits per heavy atom. The van der Waals surface area contributed by atoms with Crippen molar-refractivity contribution in [3.05, 3.63) is 0 Å². The van der Waals surface area contributed by atoms with E-state index < -0.39 is 27.2 Å². The normalized spacial score (nSPS) is 15.4. The van der Waals surface area contributed by atoms with Gasteiger partial charge in [0.15, 0.2) is 5.25 Å². The molecule has 0 aliphatic rings. The highest BCUT2D eigenvalue weighted by molar-refractivity contribution is 7.89. The largest absolute Gasteiger partial charge is 0.481 e. The molecular formula is C9H16N2O4S. The Kier molecular flexibility index (Phi) is 5.41. The molecule has 0 aromatic heterocycles. The van der Waals surface area contributed by atoms with E-state index in [4.69, 9.17) is 10.4 Å². The standard InChI is InChI=1S/C9H16N2O4S/c1-4-8(5-10)16(14,15)11(3)6-7(2)9(12)13/h7-8H,4,6H2,1-3H3,(H,12,13). The van der Waals surface area contributed by atoms with Crippen LogP contribution in [-0.2, 0) is 14.8 Å². The molecule has 0 heterocycles. The molecule has 2 unspecified atom stereocenters. The molecule has 0 saturated carbocycles. The number of carboxylic acids is 1. The number of hydrogen-bond donors (Lipinski definition) is 1. The topological polar surface area (TPSA) is 98.5 Å². The molecule has 0 aliphatic heterocycles. The Bertz CT molecular complexity index is 385. The van der Waals surface area contributed by atoms with E-state index in [0.29, 0.717) is 0 Å². The second-order valence-electron chi connectivity index (χ2n) is 3.59. The summed E-state index contributed by atoms with van der Waals surface area (Å²) in [4.78, 5) is 10.6. The molecule has 0 aromatic rings. The summed E-state index contributed by atoms with van der Waals surface area (Å²) in [5.41, 5.74) is 0. The molecule has 6 nitrogen and oxygen atoms in total. The number of hydrogen-bond acceptors (Lipinski definition) is 4. The maximum Gasteiger partial charge on any atom is 0.307 e. The van der Waals surface area contributed by atoms with Gasteiger partial charge in [0.25, 0.3) is 0 Å². The van der Waals surface area contributed by atoms with Crippen LogP contribution in [0.2, 0.25) is 0 Å². The van der Waals surface area contributed by atoms with Gasteiger partial charge in [-0.05, 0) is 6.42 Å². The molecule has 16 heavy (non-hydrogen) atoms. The quantitative estimate of drug-likeness (QED) is 0.727. The van der Waals surface area contributed by atoms with E-state index in [0.717, 1.165) is 4.31 Å². The summed E-state index contributed by atoms with van der Waals surface area (Å²) in [5, 5.41) is 16.2. The molecule has 1 N–H and O–H groups in total. The molecule has 0 saturated heterocycles. The van der Waals surface area contributed by atoms with Crippen molar-refractivity contribution in [3.63, 3.8) is 0 Å². The number of sulfonamides is 1. The van der Waals surface area contributed by atoms with Crippen molar-refractivity contribution < 1.29 is 18.3 Å². The average Bonchev–Trinajstić information content (AvgIpc) is 2.18. The number of nitrogens with zero attached hydrogens (tertiary/aromatic N) is 2. The lowest BCUT2D eigenvalue weighted by atomic mass is 10.2. The van der Waals surface area contributed by atoms with Crippen molar-refractivity contribution >= 4 is 16.0 Å². The van der Waals surface area contributed by atoms with Gasteiger partial charge in [-0.2, -0.15) is 5.26 Å². The fraction of sp³-hybridized carbons (Fsp3) is 0.778. The Hall–Kier alpha value is -1.13. The van der Waals surface area contributed by atoms with E-state index in [9.17, 15) is 13.2 Å². The molecule has 0 amide bonds. The van der Waals surface area contributed by atoms with Crippen LogP contribution < -0.4 is 0 Å². The van der Waals surface area contributed by atoms with Crippen LogP contribution in [0.15, 0.2) is 0 Å². The molecule has 7 heteroatoms. The van der Waals surface area contributed by atoms with Crippen LogP contribution >= 0.6 is 0 Å². The molecule has 92 valence electrons. The second-order valence-corrected chi connectivity index (χ2v) is 5.81. The van der Waals surface area contributed by atoms with Crippen molar-refractivity contribution in [1.29, 1.82) is 5.26 Å². The first kappa shape index (κ1) is 14.9. The van der Waals surface area contributed by atoms with Gasteiger partial charge in [0.05, 0.1) is 12.0 Å². The SMILES string of the molecule is CCC(C#N)S(=O)(=O)N(C)CC(C)C(=O)O. The number of aliphatic carboxylic acids is 1. The van der Waals surface area contributed by atoms with E-state index >= 15 is 0 Å². The number of carboxylic acid groups (broad SMARTS) is 1. The molecule has 0 radical (unpaired) electrons. The van der Waals surface area contributed by atoms with Crippen molar-refractivity contribution in [2.24, 2.45) is 5.92 Å². The summed E-state index contributed by atoms with van der Waals surface area (Å²) in [7, 11) is -2.43. The average molecular weight is 248 g/mol. The molecular weight excluding hydrogens is 232 g/mol. The minimum Gasteiger partial charge on any atom is -0.481 e. The molecule has 2 atom stereocenters. The zero-order valence-corrected chi connectivity index (χ0v) is 10.4. The molecule has 0 bridgehead atoms. The lowest BCUT2D eigenvalue weighted by Crippen LogP contribution is -2.39. The van der Waals surface area contributed by atoms with Crippen LogP contribution in [0.4, 0.5) is 0 Å². The molecule has 0 aliphatic carbocycles. The van der Waals surface area contributed by atoms with Crippen molar-refractivity contribution in [2.45, 2.75) is 25.5 Å². The molecule has 0 fully saturated rings. The number of rotatable bonds is 6. The highest BCUT2D eigenvalue weighted by Crippen LogP contribution is 2.12. The first-order valence-corrected chi connectivity index (χ1v) is 6.35. The zero-order valence-electron chi connectivity index (χ0n) is 9.54. The maximum atomic E-state index is 11.8. The van der Waals surface area contributed by atoms with Gasteiger partial charge in [-0.15, -0.1) is 0 Å². The van der Waals surface area contributed by atoms with Crippen LogP contribution in [0.25, 0.3) is 0 Å². The third-order valence-corrected chi connectivity index (χ3v) is 4.44. The Balaban J connectivity index is 4.79. The van der Waals surface area contributed by atoms with Gasteiger partial charge in [0.2, 0.25) is 10.0 Å². The van der Waals surface area contributed by atoms with Gasteiger partial charge >= 0.3 is 5.97 Å². The van der Waals surface area contributed by atoms with E-state index in [2.05, 4.69) is 0 Å². The molecule has 0 rings (SSSR count). The molecule has 0 aromatic carbocycles. The summed E-state index contributed by atoms with van der Waals surface area (Å²) in [6.45, 7) is 2.89. The fourth-order valence-corrected chi connectivity index (χ4v) is 2.57. The highest BCUT2D eigenvalue weighted by Gasteiger charge is 2.30. The van der Waals surface area contributed by atoms with Crippen molar-refractivity contribution in [3.8, 4) is 6.07 Å². The van der Waals surface area contributed by atoms with Crippen LogP contribution in [-0.4, -0.2) is 42.6 Å². The van der Waals surface area contributed by atoms with Crippen LogP contribution in [0.1, 0.15) is 20.3 Å². The zero-order chi connectivity index (χ0) is 12.9. The lowest BCUT2D eigenvalue weighted by molar-refractivity contribution is -0.141. The van der Waals surface area contributed by atoms with Crippen LogP contribution in [0, 0.1) is 17.2 Å². The number of carbonyl (C=O) groups is 1. The Morgan fingerprint density at radius 1 is 1.56 bits per heavy atom. The first-order chi connectivity index (χ1) is 7.27. The van der Waals surface area contributed by atoms with Crippen LogP contribution in [0.3, 0.4) is 0 Å². The van der Waals surface area contributed by atoms with E-state index in [1.54, 1.807) is 13.0 Å². The summed E-state index contributed by atoms with van der Waals surface area (Å²) >= 11 is 0. The van der Waals surface area contributed by atoms with Gasteiger partial charge in [0.1, 0.15) is 0 Å². The van der Waals surface area contributed by atoms with E-state index in [-0.39, 0.29) is 13.0 Å². The maximum absolute atomic E-state index is 11.8. The summed E-state index contributed by atoms with van der Waals surface area (Å²) in [6, 6.07) is 1.70. The van der Waals surface area contributed by atoms with Gasteiger partial charge in [-0.25, -0.2) is 12.7 Å².